The SMILES string of the molecule is O[N+]1(O)OCCC1(F)F. The Morgan fingerprint density at radius 3 is 2.11 bits per heavy atom. The molecule has 4 nitrogen and oxygen atoms in total. The van der Waals surface area contributed by atoms with Crippen LogP contribution in [0.3, 0.4) is 0 Å². The fourth-order valence-electron chi connectivity index (χ4n) is 0.536. The Bertz CT molecular complexity index is 112. The Balaban J connectivity index is 2.75. The number of quaternary nitrogens is 1. The van der Waals surface area contributed by atoms with Crippen molar-refractivity contribution < 1.29 is 29.0 Å². The van der Waals surface area contributed by atoms with Crippen molar-refractivity contribution in [1.82, 2.24) is 0 Å². The molecule has 0 spiro atoms. The van der Waals surface area contributed by atoms with E-state index in [1.165, 1.54) is 0 Å². The lowest BCUT2D eigenvalue weighted by Gasteiger charge is -2.16. The average molecular weight is 142 g/mol. The molecule has 0 aromatic heterocycles. The normalized spacial score (nSPS) is 30.7. The zero-order valence-corrected chi connectivity index (χ0v) is 4.42. The summed E-state index contributed by atoms with van der Waals surface area (Å²) in [7, 11) is 0. The van der Waals surface area contributed by atoms with Crippen molar-refractivity contribution in [3.05, 3.63) is 0 Å². The molecule has 1 aliphatic heterocycles. The van der Waals surface area contributed by atoms with Crippen LogP contribution in [0.4, 0.5) is 8.78 Å². The quantitative estimate of drug-likeness (QED) is 0.382. The highest BCUT2D eigenvalue weighted by Crippen LogP contribution is 2.33. The second-order valence-electron chi connectivity index (χ2n) is 1.79. The minimum Gasteiger partial charge on any atom is -0.141 e. The maximum absolute atomic E-state index is 12.1. The fourth-order valence-corrected chi connectivity index (χ4v) is 0.536. The van der Waals surface area contributed by atoms with E-state index in [4.69, 9.17) is 10.4 Å². The molecule has 1 aliphatic rings. The van der Waals surface area contributed by atoms with Gasteiger partial charge in [-0.1, -0.05) is 0 Å². The van der Waals surface area contributed by atoms with Crippen molar-refractivity contribution in [2.45, 2.75) is 12.5 Å². The van der Waals surface area contributed by atoms with Crippen LogP contribution in [-0.2, 0) is 4.84 Å². The second kappa shape index (κ2) is 1.60. The van der Waals surface area contributed by atoms with Crippen LogP contribution in [0.25, 0.3) is 0 Å². The predicted molar refractivity (Wildman–Crippen MR) is 19.3 cm³/mol. The van der Waals surface area contributed by atoms with Crippen LogP contribution < -0.4 is 0 Å². The molecule has 0 bridgehead atoms. The van der Waals surface area contributed by atoms with Crippen molar-refractivity contribution >= 4 is 0 Å². The van der Waals surface area contributed by atoms with Crippen molar-refractivity contribution in [2.24, 2.45) is 0 Å². The van der Waals surface area contributed by atoms with Gasteiger partial charge in [0.15, 0.2) is 4.97 Å². The van der Waals surface area contributed by atoms with Gasteiger partial charge >= 0.3 is 6.05 Å². The highest BCUT2D eigenvalue weighted by Gasteiger charge is 2.62. The van der Waals surface area contributed by atoms with E-state index >= 15 is 0 Å². The summed E-state index contributed by atoms with van der Waals surface area (Å²) in [6.07, 6.45) is -0.667. The van der Waals surface area contributed by atoms with Crippen LogP contribution in [0.5, 0.6) is 0 Å². The topological polar surface area (TPSA) is 49.7 Å². The van der Waals surface area contributed by atoms with E-state index < -0.39 is 17.4 Å². The van der Waals surface area contributed by atoms with E-state index in [0.29, 0.717) is 0 Å². The molecule has 1 heterocycles. The molecule has 9 heavy (non-hydrogen) atoms. The lowest BCUT2D eigenvalue weighted by molar-refractivity contribution is -1.40. The first-order valence-electron chi connectivity index (χ1n) is 2.33. The van der Waals surface area contributed by atoms with E-state index in [2.05, 4.69) is 4.84 Å². The average Bonchev–Trinajstić information content (AvgIpc) is 1.81. The molecule has 0 aromatic carbocycles. The van der Waals surface area contributed by atoms with Crippen molar-refractivity contribution in [3.63, 3.8) is 0 Å². The lowest BCUT2D eigenvalue weighted by Crippen LogP contribution is -2.49. The van der Waals surface area contributed by atoms with Crippen LogP contribution >= 0.6 is 0 Å². The number of nitrogens with zero attached hydrogens (tertiary/aromatic N) is 1. The summed E-state index contributed by atoms with van der Waals surface area (Å²) in [5.74, 6) is 0. The predicted octanol–water partition coefficient (Wildman–Crippen LogP) is 0.510. The van der Waals surface area contributed by atoms with Gasteiger partial charge in [0.1, 0.15) is 13.0 Å². The molecular formula is C3H6F2NO3+. The first-order valence-corrected chi connectivity index (χ1v) is 2.33. The molecule has 1 rings (SSSR count). The Morgan fingerprint density at radius 1 is 1.44 bits per heavy atom. The molecule has 0 unspecified atom stereocenters. The molecule has 0 saturated carbocycles. The van der Waals surface area contributed by atoms with Crippen LogP contribution in [0, 0.1) is 0 Å². The Morgan fingerprint density at radius 2 is 2.00 bits per heavy atom. The molecule has 2 N–H and O–H groups in total. The van der Waals surface area contributed by atoms with E-state index in [1.807, 2.05) is 0 Å². The largest absolute Gasteiger partial charge is 0.485 e. The Kier molecular flexibility index (Phi) is 1.21. The zero-order valence-electron chi connectivity index (χ0n) is 4.42. The van der Waals surface area contributed by atoms with E-state index in [-0.39, 0.29) is 6.61 Å². The van der Waals surface area contributed by atoms with Gasteiger partial charge in [0.25, 0.3) is 0 Å². The number of hydrogen-bond donors (Lipinski definition) is 2. The Labute approximate surface area is 49.3 Å². The van der Waals surface area contributed by atoms with Crippen LogP contribution in [0.15, 0.2) is 0 Å². The maximum Gasteiger partial charge on any atom is 0.485 e. The first-order chi connectivity index (χ1) is 3.96. The molecule has 0 aliphatic carbocycles. The zero-order chi connectivity index (χ0) is 7.12. The first kappa shape index (κ1) is 6.81. The van der Waals surface area contributed by atoms with Gasteiger partial charge < -0.3 is 0 Å². The summed E-state index contributed by atoms with van der Waals surface area (Å²) < 4.78 is 24.1. The molecule has 54 valence electrons. The number of hydroxylamine groups is 3. The fraction of sp³-hybridized carbons (Fsp3) is 1.00. The molecule has 0 amide bonds. The molecule has 0 atom stereocenters. The summed E-state index contributed by atoms with van der Waals surface area (Å²) >= 11 is 0. The van der Waals surface area contributed by atoms with Gasteiger partial charge in [-0.05, 0) is 0 Å². The molecule has 1 saturated heterocycles. The highest BCUT2D eigenvalue weighted by atomic mass is 19.3. The van der Waals surface area contributed by atoms with Gasteiger partial charge in [0.2, 0.25) is 0 Å². The van der Waals surface area contributed by atoms with Gasteiger partial charge in [-0.15, -0.1) is 24.0 Å². The highest BCUT2D eigenvalue weighted by molar-refractivity contribution is 4.50. The van der Waals surface area contributed by atoms with Gasteiger partial charge in [-0.3, -0.25) is 0 Å². The van der Waals surface area contributed by atoms with Gasteiger partial charge in [0, 0.05) is 0 Å². The standard InChI is InChI=1S/C3H6F2NO3/c4-3(5)1-2-9-6(3,7)8/h7-8H,1-2H2/q+1. The summed E-state index contributed by atoms with van der Waals surface area (Å²) in [6.45, 7) is -0.347. The third-order valence-electron chi connectivity index (χ3n) is 1.10. The molecule has 0 aromatic rings. The number of alkyl halides is 2. The van der Waals surface area contributed by atoms with Gasteiger partial charge in [-0.25, -0.2) is 0 Å². The number of hydrogen-bond acceptors (Lipinski definition) is 3. The van der Waals surface area contributed by atoms with E-state index in [1.54, 1.807) is 0 Å². The summed E-state index contributed by atoms with van der Waals surface area (Å²) in [5.41, 5.74) is 0. The van der Waals surface area contributed by atoms with Crippen LogP contribution in [-0.4, -0.2) is 28.0 Å². The summed E-state index contributed by atoms with van der Waals surface area (Å²) in [4.78, 5) is 1.22. The maximum atomic E-state index is 12.1. The lowest BCUT2D eigenvalue weighted by atomic mass is 10.4. The van der Waals surface area contributed by atoms with Crippen molar-refractivity contribution in [1.29, 1.82) is 0 Å². The van der Waals surface area contributed by atoms with Crippen LogP contribution in [0.1, 0.15) is 6.42 Å². The van der Waals surface area contributed by atoms with Crippen LogP contribution in [0.2, 0.25) is 0 Å². The monoisotopic (exact) mass is 142 g/mol. The Hall–Kier alpha value is -0.300. The summed E-state index contributed by atoms with van der Waals surface area (Å²) in [6, 6.07) is -3.58. The minimum absolute atomic E-state index is 0.347. The van der Waals surface area contributed by atoms with E-state index in [9.17, 15) is 8.78 Å². The summed E-state index contributed by atoms with van der Waals surface area (Å²) in [5, 5.41) is 16.5. The van der Waals surface area contributed by atoms with E-state index in [0.717, 1.165) is 0 Å². The second-order valence-corrected chi connectivity index (χ2v) is 1.79. The third kappa shape index (κ3) is 0.897. The molecule has 1 fully saturated rings. The molecule has 6 heteroatoms. The number of halogens is 2. The molecular weight excluding hydrogens is 136 g/mol. The van der Waals surface area contributed by atoms with Crippen molar-refractivity contribution in [3.8, 4) is 0 Å². The smallest absolute Gasteiger partial charge is 0.141 e. The molecule has 0 radical (unpaired) electrons. The van der Waals surface area contributed by atoms with Crippen molar-refractivity contribution in [2.75, 3.05) is 6.61 Å². The van der Waals surface area contributed by atoms with Gasteiger partial charge in [-0.2, -0.15) is 0 Å². The van der Waals surface area contributed by atoms with Gasteiger partial charge in [0.05, 0.1) is 0 Å². The minimum atomic E-state index is -3.58. The number of rotatable bonds is 0. The third-order valence-corrected chi connectivity index (χ3v) is 1.10.